The fraction of sp³-hybridized carbons (Fsp3) is 0.0667. The Morgan fingerprint density at radius 1 is 0.426 bits per heavy atom. The maximum atomic E-state index is 3.77. The van der Waals surface area contributed by atoms with E-state index in [-0.39, 0.29) is 5.41 Å². The molecule has 9 rings (SSSR count). The maximum Gasteiger partial charge on any atom is 0.0541 e. The third-order valence-corrected chi connectivity index (χ3v) is 10.5. The van der Waals surface area contributed by atoms with Gasteiger partial charge in [0.05, 0.1) is 11.0 Å². The van der Waals surface area contributed by atoms with Crippen molar-refractivity contribution in [1.29, 1.82) is 0 Å². The van der Waals surface area contributed by atoms with Gasteiger partial charge in [0.2, 0.25) is 0 Å². The summed E-state index contributed by atoms with van der Waals surface area (Å²) in [6, 6.07) is 57.8. The molecule has 0 saturated heterocycles. The molecular weight excluding hydrogens is 634 g/mol. The first kappa shape index (κ1) is 28.1. The molecule has 0 aliphatic heterocycles. The number of benzene rings is 7. The highest BCUT2D eigenvalue weighted by molar-refractivity contribution is 9.10. The summed E-state index contributed by atoms with van der Waals surface area (Å²) in [5, 5.41) is 2.53. The summed E-state index contributed by atoms with van der Waals surface area (Å²) in [6.45, 7) is 4.70. The van der Waals surface area contributed by atoms with Crippen LogP contribution in [0, 0.1) is 0 Å². The lowest BCUT2D eigenvalue weighted by Gasteiger charge is -2.22. The average molecular weight is 667 g/mol. The summed E-state index contributed by atoms with van der Waals surface area (Å²) in [5.74, 6) is 0. The summed E-state index contributed by atoms with van der Waals surface area (Å²) in [4.78, 5) is 0. The number of rotatable bonds is 4. The van der Waals surface area contributed by atoms with Gasteiger partial charge in [-0.2, -0.15) is 0 Å². The summed E-state index contributed by atoms with van der Waals surface area (Å²) >= 11 is 3.77. The number of hydrogen-bond acceptors (Lipinski definition) is 0. The predicted octanol–water partition coefficient (Wildman–Crippen LogP) is 12.9. The zero-order valence-corrected chi connectivity index (χ0v) is 27.9. The number of nitrogens with zero attached hydrogens (tertiary/aromatic N) is 1. The Morgan fingerprint density at radius 3 is 1.89 bits per heavy atom. The monoisotopic (exact) mass is 665 g/mol. The van der Waals surface area contributed by atoms with Crippen LogP contribution in [-0.4, -0.2) is 4.57 Å². The molecule has 2 heteroatoms. The summed E-state index contributed by atoms with van der Waals surface area (Å²) in [7, 11) is 0. The van der Waals surface area contributed by atoms with Crippen LogP contribution >= 0.6 is 15.9 Å². The van der Waals surface area contributed by atoms with Crippen LogP contribution in [0.4, 0.5) is 0 Å². The molecule has 0 atom stereocenters. The second-order valence-corrected chi connectivity index (χ2v) is 14.1. The van der Waals surface area contributed by atoms with E-state index in [1.54, 1.807) is 0 Å². The van der Waals surface area contributed by atoms with Gasteiger partial charge in [-0.3, -0.25) is 0 Å². The molecule has 0 spiro atoms. The molecule has 8 aromatic rings. The van der Waals surface area contributed by atoms with Gasteiger partial charge >= 0.3 is 0 Å². The first-order valence-corrected chi connectivity index (χ1v) is 17.0. The average Bonchev–Trinajstić information content (AvgIpc) is 3.56. The molecule has 0 fully saturated rings. The molecule has 0 amide bonds. The van der Waals surface area contributed by atoms with Crippen LogP contribution < -0.4 is 0 Å². The zero-order chi connectivity index (χ0) is 31.7. The van der Waals surface area contributed by atoms with Crippen molar-refractivity contribution in [3.63, 3.8) is 0 Å². The minimum atomic E-state index is -0.0465. The summed E-state index contributed by atoms with van der Waals surface area (Å²) < 4.78 is 3.52. The SMILES string of the molecule is CC1(C)c2ccccc2-c2ccc(-n3c4ccccc4c4cc(-c5cccc(-c6cc(Br)cc(-c7ccccc7)c6)c5)ccc43)cc21. The summed E-state index contributed by atoms with van der Waals surface area (Å²) in [6.07, 6.45) is 0. The van der Waals surface area contributed by atoms with Crippen molar-refractivity contribution in [2.75, 3.05) is 0 Å². The third kappa shape index (κ3) is 4.51. The first-order chi connectivity index (χ1) is 23.0. The van der Waals surface area contributed by atoms with Crippen molar-refractivity contribution in [1.82, 2.24) is 4.57 Å². The van der Waals surface area contributed by atoms with Crippen LogP contribution in [0.15, 0.2) is 162 Å². The zero-order valence-electron chi connectivity index (χ0n) is 26.3. The number of halogens is 1. The van der Waals surface area contributed by atoms with Crippen molar-refractivity contribution < 1.29 is 0 Å². The van der Waals surface area contributed by atoms with Crippen LogP contribution in [0.2, 0.25) is 0 Å². The molecule has 0 bridgehead atoms. The molecule has 7 aromatic carbocycles. The minimum Gasteiger partial charge on any atom is -0.309 e. The van der Waals surface area contributed by atoms with E-state index in [0.29, 0.717) is 0 Å². The van der Waals surface area contributed by atoms with Crippen molar-refractivity contribution in [3.05, 3.63) is 173 Å². The molecule has 1 aliphatic carbocycles. The summed E-state index contributed by atoms with van der Waals surface area (Å²) in [5.41, 5.74) is 16.3. The van der Waals surface area contributed by atoms with Crippen LogP contribution in [0.5, 0.6) is 0 Å². The third-order valence-electron chi connectivity index (χ3n) is 10.0. The number of fused-ring (bicyclic) bond motifs is 6. The largest absolute Gasteiger partial charge is 0.309 e. The van der Waals surface area contributed by atoms with Crippen molar-refractivity contribution >= 4 is 37.7 Å². The van der Waals surface area contributed by atoms with E-state index in [1.807, 2.05) is 0 Å². The van der Waals surface area contributed by atoms with Gasteiger partial charge in [0.25, 0.3) is 0 Å². The molecule has 1 aliphatic rings. The quantitative estimate of drug-likeness (QED) is 0.176. The fourth-order valence-electron chi connectivity index (χ4n) is 7.69. The molecule has 224 valence electrons. The second kappa shape index (κ2) is 10.7. The molecule has 1 nitrogen and oxygen atoms in total. The van der Waals surface area contributed by atoms with Crippen molar-refractivity contribution in [2.45, 2.75) is 19.3 Å². The van der Waals surface area contributed by atoms with Gasteiger partial charge in [-0.05, 0) is 110 Å². The normalized spacial score (nSPS) is 13.2. The van der Waals surface area contributed by atoms with Crippen LogP contribution in [0.25, 0.3) is 72.0 Å². The van der Waals surface area contributed by atoms with Gasteiger partial charge < -0.3 is 4.57 Å². The molecule has 47 heavy (non-hydrogen) atoms. The highest BCUT2D eigenvalue weighted by Gasteiger charge is 2.35. The van der Waals surface area contributed by atoms with E-state index in [1.165, 1.54) is 83.1 Å². The molecule has 0 saturated carbocycles. The van der Waals surface area contributed by atoms with Crippen LogP contribution in [-0.2, 0) is 5.41 Å². The minimum absolute atomic E-state index is 0.0465. The van der Waals surface area contributed by atoms with E-state index in [0.717, 1.165) is 4.47 Å². The van der Waals surface area contributed by atoms with Gasteiger partial charge in [-0.25, -0.2) is 0 Å². The second-order valence-electron chi connectivity index (χ2n) is 13.2. The van der Waals surface area contributed by atoms with E-state index >= 15 is 0 Å². The van der Waals surface area contributed by atoms with Gasteiger partial charge in [0.1, 0.15) is 0 Å². The van der Waals surface area contributed by atoms with Crippen molar-refractivity contribution in [3.8, 4) is 50.2 Å². The van der Waals surface area contributed by atoms with Gasteiger partial charge in [0, 0.05) is 26.3 Å². The number of para-hydroxylation sites is 1. The Balaban J connectivity index is 1.16. The lowest BCUT2D eigenvalue weighted by atomic mass is 9.82. The van der Waals surface area contributed by atoms with E-state index in [4.69, 9.17) is 0 Å². The molecule has 0 unspecified atom stereocenters. The Kier molecular flexibility index (Phi) is 6.38. The predicted molar refractivity (Wildman–Crippen MR) is 202 cm³/mol. The van der Waals surface area contributed by atoms with Crippen molar-refractivity contribution in [2.24, 2.45) is 0 Å². The van der Waals surface area contributed by atoms with Gasteiger partial charge in [-0.15, -0.1) is 0 Å². The lowest BCUT2D eigenvalue weighted by molar-refractivity contribution is 0.660. The van der Waals surface area contributed by atoms with Gasteiger partial charge in [-0.1, -0.05) is 133 Å². The maximum absolute atomic E-state index is 3.77. The van der Waals surface area contributed by atoms with Crippen LogP contribution in [0.1, 0.15) is 25.0 Å². The molecule has 1 heterocycles. The van der Waals surface area contributed by atoms with E-state index in [9.17, 15) is 0 Å². The lowest BCUT2D eigenvalue weighted by Crippen LogP contribution is -2.15. The topological polar surface area (TPSA) is 4.93 Å². The molecule has 0 radical (unpaired) electrons. The van der Waals surface area contributed by atoms with E-state index in [2.05, 4.69) is 192 Å². The molecular formula is C45H32BrN. The van der Waals surface area contributed by atoms with Crippen LogP contribution in [0.3, 0.4) is 0 Å². The number of aromatic nitrogens is 1. The highest BCUT2D eigenvalue weighted by atomic mass is 79.9. The smallest absolute Gasteiger partial charge is 0.0541 e. The Morgan fingerprint density at radius 2 is 1.04 bits per heavy atom. The molecule has 0 N–H and O–H groups in total. The Hall–Kier alpha value is -5.18. The van der Waals surface area contributed by atoms with Gasteiger partial charge in [0.15, 0.2) is 0 Å². The highest BCUT2D eigenvalue weighted by Crippen LogP contribution is 2.49. The Bertz CT molecular complexity index is 2500. The first-order valence-electron chi connectivity index (χ1n) is 16.2. The standard InChI is InChI=1S/C45H32BrN/c1-45(2)41-17-8-6-15-37(41)38-21-20-36(28-42(38)45)47-43-18-9-7-16-39(43)40-27-32(19-22-44(40)47)30-13-10-14-31(23-30)34-24-33(25-35(46)26-34)29-11-4-3-5-12-29/h3-28H,1-2H3. The Labute approximate surface area is 283 Å². The van der Waals surface area contributed by atoms with E-state index < -0.39 is 0 Å². The number of hydrogen-bond donors (Lipinski definition) is 0. The fourth-order valence-corrected chi connectivity index (χ4v) is 8.19. The molecule has 1 aromatic heterocycles.